The van der Waals surface area contributed by atoms with E-state index in [1.54, 1.807) is 26.3 Å². The van der Waals surface area contributed by atoms with E-state index >= 15 is 0 Å². The average Bonchev–Trinajstić information content (AvgIpc) is 2.72. The quantitative estimate of drug-likeness (QED) is 0.659. The van der Waals surface area contributed by atoms with Crippen LogP contribution < -0.4 is 25.4 Å². The molecule has 3 N–H and O–H groups in total. The molecule has 3 rings (SSSR count). The van der Waals surface area contributed by atoms with Gasteiger partial charge in [-0.2, -0.15) is 0 Å². The second-order valence-corrected chi connectivity index (χ2v) is 6.85. The summed E-state index contributed by atoms with van der Waals surface area (Å²) in [6, 6.07) is 11.6. The summed E-state index contributed by atoms with van der Waals surface area (Å²) in [7, 11) is 4.62. The van der Waals surface area contributed by atoms with Crippen LogP contribution in [0.25, 0.3) is 5.70 Å². The van der Waals surface area contributed by atoms with Crippen LogP contribution in [0.4, 0.5) is 4.79 Å². The van der Waals surface area contributed by atoms with E-state index in [9.17, 15) is 9.59 Å². The Kier molecular flexibility index (Phi) is 5.89. The van der Waals surface area contributed by atoms with Crippen LogP contribution in [-0.2, 0) is 4.79 Å². The zero-order valence-corrected chi connectivity index (χ0v) is 17.2. The third-order valence-electron chi connectivity index (χ3n) is 4.42. The van der Waals surface area contributed by atoms with E-state index in [2.05, 4.69) is 31.9 Å². The van der Waals surface area contributed by atoms with Gasteiger partial charge >= 0.3 is 6.03 Å². The topological polar surface area (TPSA) is 88.7 Å². The van der Waals surface area contributed by atoms with E-state index < -0.39 is 12.1 Å². The van der Waals surface area contributed by atoms with Crippen molar-refractivity contribution in [2.45, 2.75) is 6.04 Å². The second kappa shape index (κ2) is 8.35. The molecule has 0 bridgehead atoms. The Bertz CT molecular complexity index is 944. The Morgan fingerprint density at radius 1 is 1.11 bits per heavy atom. The van der Waals surface area contributed by atoms with Gasteiger partial charge in [0.1, 0.15) is 0 Å². The molecule has 3 amide bonds. The first-order valence-electron chi connectivity index (χ1n) is 8.50. The lowest BCUT2D eigenvalue weighted by molar-refractivity contribution is -0.117. The van der Waals surface area contributed by atoms with Gasteiger partial charge < -0.3 is 25.4 Å². The van der Waals surface area contributed by atoms with Gasteiger partial charge in [-0.15, -0.1) is 0 Å². The number of carbonyl (C=O) groups excluding carboxylic acids is 2. The molecular weight excluding hydrogens is 426 g/mol. The van der Waals surface area contributed by atoms with E-state index in [1.165, 1.54) is 7.11 Å². The molecule has 1 aliphatic heterocycles. The van der Waals surface area contributed by atoms with Crippen molar-refractivity contribution in [3.05, 3.63) is 63.6 Å². The predicted molar refractivity (Wildman–Crippen MR) is 109 cm³/mol. The number of benzene rings is 2. The number of carbonyl (C=O) groups is 2. The summed E-state index contributed by atoms with van der Waals surface area (Å²) in [4.78, 5) is 25.2. The van der Waals surface area contributed by atoms with Gasteiger partial charge in [0.25, 0.3) is 5.91 Å². The summed E-state index contributed by atoms with van der Waals surface area (Å²) in [5, 5.41) is 8.26. The zero-order chi connectivity index (χ0) is 20.3. The van der Waals surface area contributed by atoms with Gasteiger partial charge in [0.2, 0.25) is 0 Å². The van der Waals surface area contributed by atoms with Gasteiger partial charge in [-0.1, -0.05) is 46.3 Å². The van der Waals surface area contributed by atoms with Crippen molar-refractivity contribution >= 4 is 33.6 Å². The fourth-order valence-corrected chi connectivity index (χ4v) is 3.65. The van der Waals surface area contributed by atoms with Crippen molar-refractivity contribution in [2.75, 3.05) is 21.3 Å². The van der Waals surface area contributed by atoms with Gasteiger partial charge in [0, 0.05) is 11.5 Å². The molecule has 0 aromatic heterocycles. The van der Waals surface area contributed by atoms with Crippen LogP contribution >= 0.6 is 15.9 Å². The Balaban J connectivity index is 2.24. The predicted octanol–water partition coefficient (Wildman–Crippen LogP) is 2.98. The molecule has 7 nitrogen and oxygen atoms in total. The number of amides is 3. The van der Waals surface area contributed by atoms with Crippen LogP contribution in [0.15, 0.2) is 52.5 Å². The normalized spacial score (nSPS) is 16.1. The van der Waals surface area contributed by atoms with Crippen LogP contribution in [0.2, 0.25) is 0 Å². The van der Waals surface area contributed by atoms with E-state index in [-0.39, 0.29) is 5.91 Å². The molecule has 0 spiro atoms. The Hall–Kier alpha value is -3.00. The summed E-state index contributed by atoms with van der Waals surface area (Å²) < 4.78 is 11.4. The van der Waals surface area contributed by atoms with Crippen LogP contribution in [0.5, 0.6) is 11.5 Å². The largest absolute Gasteiger partial charge is 0.493 e. The van der Waals surface area contributed by atoms with Crippen molar-refractivity contribution in [3.63, 3.8) is 0 Å². The SMILES string of the molecule is CNC(=O)C1=C(c2ccccc2)NC(=O)NC1c1cc(OC)c(OC)cc1Br. The maximum absolute atomic E-state index is 12.8. The average molecular weight is 446 g/mol. The summed E-state index contributed by atoms with van der Waals surface area (Å²) in [6.07, 6.45) is 0. The fraction of sp³-hybridized carbons (Fsp3) is 0.200. The summed E-state index contributed by atoms with van der Waals surface area (Å²) >= 11 is 3.52. The number of methoxy groups -OCH3 is 2. The third kappa shape index (κ3) is 3.68. The lowest BCUT2D eigenvalue weighted by Gasteiger charge is -2.30. The molecule has 0 saturated carbocycles. The highest BCUT2D eigenvalue weighted by Gasteiger charge is 2.34. The lowest BCUT2D eigenvalue weighted by atomic mass is 9.92. The first-order valence-corrected chi connectivity index (χ1v) is 9.30. The number of ether oxygens (including phenoxy) is 2. The van der Waals surface area contributed by atoms with E-state index in [1.807, 2.05) is 30.3 Å². The number of rotatable bonds is 5. The minimum absolute atomic E-state index is 0.307. The number of urea groups is 1. The molecule has 28 heavy (non-hydrogen) atoms. The highest BCUT2D eigenvalue weighted by Crippen LogP contribution is 2.40. The van der Waals surface area contributed by atoms with Crippen molar-refractivity contribution < 1.29 is 19.1 Å². The van der Waals surface area contributed by atoms with Crippen molar-refractivity contribution in [2.24, 2.45) is 0 Å². The van der Waals surface area contributed by atoms with Crippen LogP contribution in [-0.4, -0.2) is 33.2 Å². The third-order valence-corrected chi connectivity index (χ3v) is 5.11. The molecule has 146 valence electrons. The van der Waals surface area contributed by atoms with Gasteiger partial charge in [0.15, 0.2) is 11.5 Å². The Morgan fingerprint density at radius 3 is 2.36 bits per heavy atom. The number of hydrogen-bond donors (Lipinski definition) is 3. The van der Waals surface area contributed by atoms with E-state index in [4.69, 9.17) is 9.47 Å². The molecule has 0 fully saturated rings. The van der Waals surface area contributed by atoms with Gasteiger partial charge in [-0.05, 0) is 23.3 Å². The van der Waals surface area contributed by atoms with Crippen LogP contribution in [0, 0.1) is 0 Å². The lowest BCUT2D eigenvalue weighted by Crippen LogP contribution is -2.46. The summed E-state index contributed by atoms with van der Waals surface area (Å²) in [5.74, 6) is 0.719. The number of hydrogen-bond acceptors (Lipinski definition) is 4. The summed E-state index contributed by atoms with van der Waals surface area (Å²) in [6.45, 7) is 0. The first kappa shape index (κ1) is 19.8. The van der Waals surface area contributed by atoms with E-state index in [0.29, 0.717) is 32.8 Å². The second-order valence-electron chi connectivity index (χ2n) is 5.99. The number of halogens is 1. The molecule has 1 unspecified atom stereocenters. The van der Waals surface area contributed by atoms with Gasteiger partial charge in [0.05, 0.1) is 31.5 Å². The number of nitrogens with one attached hydrogen (secondary N) is 3. The fourth-order valence-electron chi connectivity index (χ4n) is 3.10. The smallest absolute Gasteiger partial charge is 0.320 e. The minimum Gasteiger partial charge on any atom is -0.493 e. The molecule has 8 heteroatoms. The molecule has 2 aromatic carbocycles. The van der Waals surface area contributed by atoms with Crippen molar-refractivity contribution in [1.29, 1.82) is 0 Å². The number of likely N-dealkylation sites (N-methyl/N-ethyl adjacent to an activating group) is 1. The first-order chi connectivity index (χ1) is 13.5. The molecule has 1 heterocycles. The van der Waals surface area contributed by atoms with E-state index in [0.717, 1.165) is 5.56 Å². The van der Waals surface area contributed by atoms with Crippen LogP contribution in [0.1, 0.15) is 17.2 Å². The molecule has 0 saturated heterocycles. The molecule has 1 atom stereocenters. The highest BCUT2D eigenvalue weighted by atomic mass is 79.9. The molecule has 0 radical (unpaired) electrons. The van der Waals surface area contributed by atoms with Gasteiger partial charge in [-0.3, -0.25) is 4.79 Å². The van der Waals surface area contributed by atoms with Gasteiger partial charge in [-0.25, -0.2) is 4.79 Å². The van der Waals surface area contributed by atoms with Crippen molar-refractivity contribution in [3.8, 4) is 11.5 Å². The molecule has 0 aliphatic carbocycles. The zero-order valence-electron chi connectivity index (χ0n) is 15.6. The van der Waals surface area contributed by atoms with Crippen LogP contribution in [0.3, 0.4) is 0 Å². The maximum Gasteiger partial charge on any atom is 0.320 e. The minimum atomic E-state index is -0.696. The molecule has 1 aliphatic rings. The maximum atomic E-state index is 12.8. The Labute approximate surface area is 171 Å². The standard InChI is InChI=1S/C20H20BrN3O4/c1-22-19(25)16-17(11-7-5-4-6-8-11)23-20(26)24-18(16)12-9-14(27-2)15(28-3)10-13(12)21/h4-10,18H,1-3H3,(H,22,25)(H2,23,24,26). The Morgan fingerprint density at radius 2 is 1.75 bits per heavy atom. The monoisotopic (exact) mass is 445 g/mol. The highest BCUT2D eigenvalue weighted by molar-refractivity contribution is 9.10. The van der Waals surface area contributed by atoms with Crippen molar-refractivity contribution in [1.82, 2.24) is 16.0 Å². The molecule has 2 aromatic rings. The summed E-state index contributed by atoms with van der Waals surface area (Å²) in [5.41, 5.74) is 2.24. The molecular formula is C20H20BrN3O4.